The molecule has 0 amide bonds. The third-order valence-corrected chi connectivity index (χ3v) is 2.85. The van der Waals surface area contributed by atoms with Gasteiger partial charge < -0.3 is 0 Å². The molecule has 6 heteroatoms. The number of nitrogens with zero attached hydrogens (tertiary/aromatic N) is 4. The van der Waals surface area contributed by atoms with Gasteiger partial charge in [0, 0.05) is 6.20 Å². The van der Waals surface area contributed by atoms with E-state index in [1.54, 1.807) is 18.5 Å². The van der Waals surface area contributed by atoms with Crippen molar-refractivity contribution in [2.75, 3.05) is 0 Å². The van der Waals surface area contributed by atoms with Crippen LogP contribution < -0.4 is 0 Å². The summed E-state index contributed by atoms with van der Waals surface area (Å²) in [7, 11) is 0. The summed E-state index contributed by atoms with van der Waals surface area (Å²) < 4.78 is 0. The van der Waals surface area contributed by atoms with Gasteiger partial charge in [-0.05, 0) is 12.1 Å². The van der Waals surface area contributed by atoms with Crippen molar-refractivity contribution in [1.82, 2.24) is 15.0 Å². The second kappa shape index (κ2) is 4.92. The molecule has 2 rings (SSSR count). The van der Waals surface area contributed by atoms with Crippen molar-refractivity contribution in [3.05, 3.63) is 41.6 Å². The molecule has 0 bridgehead atoms. The average Bonchev–Trinajstić information content (AvgIpc) is 2.33. The Labute approximate surface area is 101 Å². The predicted molar refractivity (Wildman–Crippen MR) is 60.1 cm³/mol. The van der Waals surface area contributed by atoms with Gasteiger partial charge in [0.15, 0.2) is 5.69 Å². The van der Waals surface area contributed by atoms with E-state index in [0.29, 0.717) is 15.9 Å². The van der Waals surface area contributed by atoms with Crippen LogP contribution in [0.3, 0.4) is 0 Å². The first-order valence-corrected chi connectivity index (χ1v) is 5.49. The maximum absolute atomic E-state index is 8.86. The van der Waals surface area contributed by atoms with Crippen LogP contribution in [0.5, 0.6) is 0 Å². The Balaban J connectivity index is 2.27. The van der Waals surface area contributed by atoms with Crippen molar-refractivity contribution >= 4 is 23.4 Å². The number of pyridine rings is 1. The summed E-state index contributed by atoms with van der Waals surface area (Å²) in [6, 6.07) is 5.60. The van der Waals surface area contributed by atoms with Crippen LogP contribution in [0.1, 0.15) is 5.69 Å². The second-order valence-electron chi connectivity index (χ2n) is 2.74. The van der Waals surface area contributed by atoms with Crippen LogP contribution in [0.2, 0.25) is 5.15 Å². The minimum absolute atomic E-state index is 0.344. The number of hydrogen-bond donors (Lipinski definition) is 0. The van der Waals surface area contributed by atoms with Crippen molar-refractivity contribution in [3.63, 3.8) is 0 Å². The van der Waals surface area contributed by atoms with Gasteiger partial charge in [0.05, 0.1) is 17.3 Å². The van der Waals surface area contributed by atoms with E-state index in [9.17, 15) is 0 Å². The molecule has 2 heterocycles. The molecule has 16 heavy (non-hydrogen) atoms. The summed E-state index contributed by atoms with van der Waals surface area (Å²) in [6.07, 6.45) is 4.60. The molecule has 0 N–H and O–H groups in total. The van der Waals surface area contributed by atoms with Crippen molar-refractivity contribution in [2.24, 2.45) is 0 Å². The number of rotatable bonds is 2. The molecule has 0 saturated heterocycles. The highest BCUT2D eigenvalue weighted by atomic mass is 35.5. The number of nitriles is 1. The van der Waals surface area contributed by atoms with Crippen molar-refractivity contribution in [1.29, 1.82) is 5.26 Å². The molecular weight excluding hydrogens is 244 g/mol. The summed E-state index contributed by atoms with van der Waals surface area (Å²) in [5, 5.41) is 9.88. The van der Waals surface area contributed by atoms with Crippen molar-refractivity contribution in [3.8, 4) is 6.07 Å². The normalized spacial score (nSPS) is 9.75. The van der Waals surface area contributed by atoms with Crippen molar-refractivity contribution in [2.45, 2.75) is 9.92 Å². The maximum Gasteiger partial charge on any atom is 0.154 e. The largest absolute Gasteiger partial charge is 0.245 e. The molecule has 2 aromatic heterocycles. The Hall–Kier alpha value is -1.64. The van der Waals surface area contributed by atoms with Crippen LogP contribution in [0.25, 0.3) is 0 Å². The van der Waals surface area contributed by atoms with Gasteiger partial charge in [0.25, 0.3) is 0 Å². The molecule has 0 radical (unpaired) electrons. The highest BCUT2D eigenvalue weighted by Gasteiger charge is 2.05. The van der Waals surface area contributed by atoms with Gasteiger partial charge >= 0.3 is 0 Å². The Morgan fingerprint density at radius 1 is 1.25 bits per heavy atom. The predicted octanol–water partition coefficient (Wildman–Crippen LogP) is 2.55. The van der Waals surface area contributed by atoms with Crippen LogP contribution in [-0.2, 0) is 0 Å². The molecule has 4 nitrogen and oxygen atoms in total. The smallest absolute Gasteiger partial charge is 0.154 e. The lowest BCUT2D eigenvalue weighted by atomic mass is 10.4. The summed E-state index contributed by atoms with van der Waals surface area (Å²) in [5.41, 5.74) is 0.379. The number of aromatic nitrogens is 3. The standard InChI is InChI=1S/C10H5ClN4S/c11-9-5-15-10(6-14-9)16-8-2-1-3-13-7(8)4-12/h1-3,5-6H. The molecule has 0 unspecified atom stereocenters. The number of hydrogen-bond acceptors (Lipinski definition) is 5. The molecule has 0 fully saturated rings. The van der Waals surface area contributed by atoms with E-state index in [4.69, 9.17) is 16.9 Å². The highest BCUT2D eigenvalue weighted by molar-refractivity contribution is 7.99. The first-order valence-electron chi connectivity index (χ1n) is 4.30. The Morgan fingerprint density at radius 2 is 2.12 bits per heavy atom. The van der Waals surface area contributed by atoms with Crippen LogP contribution in [0, 0.1) is 11.3 Å². The molecule has 2 aromatic rings. The fourth-order valence-corrected chi connectivity index (χ4v) is 1.90. The lowest BCUT2D eigenvalue weighted by molar-refractivity contribution is 1.05. The van der Waals surface area contributed by atoms with E-state index in [2.05, 4.69) is 15.0 Å². The van der Waals surface area contributed by atoms with Gasteiger partial charge in [-0.3, -0.25) is 0 Å². The molecule has 0 aliphatic carbocycles. The Bertz CT molecular complexity index is 535. The van der Waals surface area contributed by atoms with Gasteiger partial charge in [-0.1, -0.05) is 23.4 Å². The monoisotopic (exact) mass is 248 g/mol. The molecule has 0 saturated carbocycles. The zero-order valence-corrected chi connectivity index (χ0v) is 9.53. The first kappa shape index (κ1) is 10.9. The topological polar surface area (TPSA) is 62.5 Å². The Morgan fingerprint density at radius 3 is 2.81 bits per heavy atom. The SMILES string of the molecule is N#Cc1ncccc1Sc1cnc(Cl)cn1. The third-order valence-electron chi connectivity index (χ3n) is 1.69. The fraction of sp³-hybridized carbons (Fsp3) is 0. The van der Waals surface area contributed by atoms with Crippen LogP contribution in [-0.4, -0.2) is 15.0 Å². The molecular formula is C10H5ClN4S. The van der Waals surface area contributed by atoms with Crippen LogP contribution >= 0.6 is 23.4 Å². The van der Waals surface area contributed by atoms with E-state index < -0.39 is 0 Å². The third kappa shape index (κ3) is 2.48. The minimum atomic E-state index is 0.344. The minimum Gasteiger partial charge on any atom is -0.245 e. The van der Waals surface area contributed by atoms with Gasteiger partial charge in [-0.2, -0.15) is 5.26 Å². The molecule has 0 aliphatic heterocycles. The maximum atomic E-state index is 8.86. The zero-order chi connectivity index (χ0) is 11.4. The second-order valence-corrected chi connectivity index (χ2v) is 4.19. The molecule has 0 aliphatic rings. The highest BCUT2D eigenvalue weighted by Crippen LogP contribution is 2.27. The van der Waals surface area contributed by atoms with Crippen molar-refractivity contribution < 1.29 is 0 Å². The molecule has 78 valence electrons. The fourth-order valence-electron chi connectivity index (χ4n) is 1.02. The molecule has 0 atom stereocenters. The zero-order valence-electron chi connectivity index (χ0n) is 7.96. The van der Waals surface area contributed by atoms with E-state index in [0.717, 1.165) is 4.90 Å². The lowest BCUT2D eigenvalue weighted by Gasteiger charge is -2.01. The molecule has 0 spiro atoms. The van der Waals surface area contributed by atoms with E-state index >= 15 is 0 Å². The van der Waals surface area contributed by atoms with E-state index in [1.165, 1.54) is 18.0 Å². The summed E-state index contributed by atoms with van der Waals surface area (Å²) >= 11 is 6.96. The van der Waals surface area contributed by atoms with E-state index in [-0.39, 0.29) is 0 Å². The van der Waals surface area contributed by atoms with Gasteiger partial charge in [-0.15, -0.1) is 0 Å². The van der Waals surface area contributed by atoms with Crippen LogP contribution in [0.4, 0.5) is 0 Å². The average molecular weight is 249 g/mol. The van der Waals surface area contributed by atoms with Gasteiger partial charge in [0.1, 0.15) is 16.2 Å². The molecule has 0 aromatic carbocycles. The van der Waals surface area contributed by atoms with Crippen LogP contribution in [0.15, 0.2) is 40.6 Å². The summed E-state index contributed by atoms with van der Waals surface area (Å²) in [6.45, 7) is 0. The lowest BCUT2D eigenvalue weighted by Crippen LogP contribution is -1.87. The summed E-state index contributed by atoms with van der Waals surface area (Å²) in [5.74, 6) is 0. The number of halogens is 1. The quantitative estimate of drug-likeness (QED) is 0.817. The first-order chi connectivity index (χ1) is 7.79. The van der Waals surface area contributed by atoms with Gasteiger partial charge in [0.2, 0.25) is 0 Å². The summed E-state index contributed by atoms with van der Waals surface area (Å²) in [4.78, 5) is 12.7. The Kier molecular flexibility index (Phi) is 3.34. The van der Waals surface area contributed by atoms with Gasteiger partial charge in [-0.25, -0.2) is 15.0 Å². The van der Waals surface area contributed by atoms with E-state index in [1.807, 2.05) is 12.1 Å².